The summed E-state index contributed by atoms with van der Waals surface area (Å²) in [5, 5.41) is 12.0. The summed E-state index contributed by atoms with van der Waals surface area (Å²) >= 11 is 0. The van der Waals surface area contributed by atoms with Crippen LogP contribution in [0.4, 0.5) is 0 Å². The minimum Gasteiger partial charge on any atom is -0.481 e. The van der Waals surface area contributed by atoms with Crippen LogP contribution in [-0.4, -0.2) is 24.1 Å². The van der Waals surface area contributed by atoms with E-state index in [-0.39, 0.29) is 5.91 Å². The molecule has 1 aliphatic carbocycles. The fourth-order valence-electron chi connectivity index (χ4n) is 2.89. The van der Waals surface area contributed by atoms with Crippen LogP contribution in [0.1, 0.15) is 30.4 Å². The van der Waals surface area contributed by atoms with Crippen molar-refractivity contribution in [1.29, 1.82) is 0 Å². The summed E-state index contributed by atoms with van der Waals surface area (Å²) in [6, 6.07) is 7.80. The van der Waals surface area contributed by atoms with E-state index in [1.165, 1.54) is 0 Å². The predicted molar refractivity (Wildman–Crippen MR) is 77.5 cm³/mol. The van der Waals surface area contributed by atoms with Gasteiger partial charge in [-0.15, -0.1) is 0 Å². The van der Waals surface area contributed by atoms with Gasteiger partial charge in [0.1, 0.15) is 0 Å². The second-order valence-electron chi connectivity index (χ2n) is 5.45. The molecule has 21 heavy (non-hydrogen) atoms. The van der Waals surface area contributed by atoms with Crippen molar-refractivity contribution in [1.82, 2.24) is 5.32 Å². The number of nitrogens with one attached hydrogen (secondary N) is 1. The molecule has 0 spiro atoms. The summed E-state index contributed by atoms with van der Waals surface area (Å²) in [6.45, 7) is 0.949. The second kappa shape index (κ2) is 7.22. The van der Waals surface area contributed by atoms with E-state index in [2.05, 4.69) is 5.32 Å². The topological polar surface area (TPSA) is 75.6 Å². The quantitative estimate of drug-likeness (QED) is 0.840. The number of hydrogen-bond acceptors (Lipinski definition) is 3. The SMILES string of the molecule is COCc1cccc(CNC(=O)C2CCCC2C(=O)O)c1. The zero-order valence-corrected chi connectivity index (χ0v) is 12.2. The lowest BCUT2D eigenvalue weighted by molar-refractivity contribution is -0.146. The molecule has 1 amide bonds. The van der Waals surface area contributed by atoms with E-state index in [4.69, 9.17) is 9.84 Å². The average Bonchev–Trinajstić information content (AvgIpc) is 2.95. The van der Waals surface area contributed by atoms with E-state index in [0.717, 1.165) is 17.5 Å². The summed E-state index contributed by atoms with van der Waals surface area (Å²) in [5.41, 5.74) is 2.04. The minimum atomic E-state index is -0.866. The molecule has 1 aliphatic rings. The molecule has 2 N–H and O–H groups in total. The molecule has 0 heterocycles. The Bertz CT molecular complexity index is 515. The molecular weight excluding hydrogens is 270 g/mol. The standard InChI is InChI=1S/C16H21NO4/c1-21-10-12-5-2-4-11(8-12)9-17-15(18)13-6-3-7-14(13)16(19)20/h2,4-5,8,13-14H,3,6-7,9-10H2,1H3,(H,17,18)(H,19,20). The van der Waals surface area contributed by atoms with Crippen molar-refractivity contribution in [3.05, 3.63) is 35.4 Å². The van der Waals surface area contributed by atoms with Crippen molar-refractivity contribution in [2.75, 3.05) is 7.11 Å². The van der Waals surface area contributed by atoms with Crippen LogP contribution in [-0.2, 0) is 27.5 Å². The molecule has 1 aromatic rings. The van der Waals surface area contributed by atoms with Crippen LogP contribution in [0.3, 0.4) is 0 Å². The Morgan fingerprint density at radius 3 is 2.71 bits per heavy atom. The molecule has 1 fully saturated rings. The summed E-state index contributed by atoms with van der Waals surface area (Å²) < 4.78 is 5.08. The first-order chi connectivity index (χ1) is 10.1. The van der Waals surface area contributed by atoms with Gasteiger partial charge in [-0.1, -0.05) is 30.7 Å². The van der Waals surface area contributed by atoms with Gasteiger partial charge in [-0.05, 0) is 24.0 Å². The maximum absolute atomic E-state index is 12.1. The number of carboxylic acid groups (broad SMARTS) is 1. The highest BCUT2D eigenvalue weighted by Crippen LogP contribution is 2.32. The Morgan fingerprint density at radius 1 is 1.29 bits per heavy atom. The Kier molecular flexibility index (Phi) is 5.33. The highest BCUT2D eigenvalue weighted by molar-refractivity contribution is 5.85. The van der Waals surface area contributed by atoms with Gasteiger partial charge in [-0.25, -0.2) is 0 Å². The number of carbonyl (C=O) groups is 2. The van der Waals surface area contributed by atoms with Gasteiger partial charge in [0.15, 0.2) is 0 Å². The molecule has 1 aromatic carbocycles. The maximum Gasteiger partial charge on any atom is 0.307 e. The molecule has 0 aliphatic heterocycles. The van der Waals surface area contributed by atoms with E-state index in [1.807, 2.05) is 24.3 Å². The molecular formula is C16H21NO4. The lowest BCUT2D eigenvalue weighted by Crippen LogP contribution is -2.34. The number of hydrogen-bond donors (Lipinski definition) is 2. The van der Waals surface area contributed by atoms with Crippen molar-refractivity contribution in [2.24, 2.45) is 11.8 Å². The first kappa shape index (κ1) is 15.5. The van der Waals surface area contributed by atoms with E-state index >= 15 is 0 Å². The molecule has 2 atom stereocenters. The fourth-order valence-corrected chi connectivity index (χ4v) is 2.89. The van der Waals surface area contributed by atoms with Gasteiger partial charge < -0.3 is 15.2 Å². The lowest BCUT2D eigenvalue weighted by Gasteiger charge is -2.15. The third-order valence-corrected chi connectivity index (χ3v) is 3.94. The Balaban J connectivity index is 1.91. The molecule has 0 bridgehead atoms. The van der Waals surface area contributed by atoms with E-state index in [9.17, 15) is 9.59 Å². The van der Waals surface area contributed by atoms with Crippen molar-refractivity contribution in [3.8, 4) is 0 Å². The van der Waals surface area contributed by atoms with Crippen LogP contribution in [0, 0.1) is 11.8 Å². The number of carboxylic acids is 1. The number of amides is 1. The monoisotopic (exact) mass is 291 g/mol. The summed E-state index contributed by atoms with van der Waals surface area (Å²) in [5.74, 6) is -1.96. The van der Waals surface area contributed by atoms with Crippen molar-refractivity contribution < 1.29 is 19.4 Å². The van der Waals surface area contributed by atoms with Crippen molar-refractivity contribution in [2.45, 2.75) is 32.4 Å². The molecule has 114 valence electrons. The van der Waals surface area contributed by atoms with Gasteiger partial charge in [-0.3, -0.25) is 9.59 Å². The largest absolute Gasteiger partial charge is 0.481 e. The smallest absolute Gasteiger partial charge is 0.307 e. The lowest BCUT2D eigenvalue weighted by atomic mass is 9.95. The van der Waals surface area contributed by atoms with Crippen molar-refractivity contribution in [3.63, 3.8) is 0 Å². The second-order valence-corrected chi connectivity index (χ2v) is 5.45. The van der Waals surface area contributed by atoms with Crippen LogP contribution in [0.2, 0.25) is 0 Å². The number of carbonyl (C=O) groups excluding carboxylic acids is 1. The fraction of sp³-hybridized carbons (Fsp3) is 0.500. The normalized spacial score (nSPS) is 21.2. The van der Waals surface area contributed by atoms with Gasteiger partial charge in [0.05, 0.1) is 18.4 Å². The van der Waals surface area contributed by atoms with Gasteiger partial charge in [0, 0.05) is 13.7 Å². The maximum atomic E-state index is 12.1. The van der Waals surface area contributed by atoms with Gasteiger partial charge in [0.2, 0.25) is 5.91 Å². The zero-order valence-electron chi connectivity index (χ0n) is 12.2. The number of methoxy groups -OCH3 is 1. The molecule has 5 heteroatoms. The van der Waals surface area contributed by atoms with E-state index in [1.54, 1.807) is 7.11 Å². The Morgan fingerprint density at radius 2 is 2.00 bits per heavy atom. The van der Waals surface area contributed by atoms with E-state index < -0.39 is 17.8 Å². The van der Waals surface area contributed by atoms with Crippen LogP contribution >= 0.6 is 0 Å². The molecule has 0 saturated heterocycles. The van der Waals surface area contributed by atoms with E-state index in [0.29, 0.717) is 26.0 Å². The first-order valence-electron chi connectivity index (χ1n) is 7.19. The molecule has 2 rings (SSSR count). The molecule has 0 aromatic heterocycles. The predicted octanol–water partition coefficient (Wildman–Crippen LogP) is 1.95. The third kappa shape index (κ3) is 4.04. The number of benzene rings is 1. The number of ether oxygens (including phenoxy) is 1. The molecule has 5 nitrogen and oxygen atoms in total. The van der Waals surface area contributed by atoms with Crippen LogP contribution in [0.15, 0.2) is 24.3 Å². The highest BCUT2D eigenvalue weighted by atomic mass is 16.5. The highest BCUT2D eigenvalue weighted by Gasteiger charge is 2.37. The van der Waals surface area contributed by atoms with Crippen LogP contribution in [0.5, 0.6) is 0 Å². The molecule has 1 saturated carbocycles. The van der Waals surface area contributed by atoms with Crippen LogP contribution in [0.25, 0.3) is 0 Å². The first-order valence-corrected chi connectivity index (χ1v) is 7.19. The Hall–Kier alpha value is -1.88. The third-order valence-electron chi connectivity index (χ3n) is 3.94. The summed E-state index contributed by atoms with van der Waals surface area (Å²) in [7, 11) is 1.64. The summed E-state index contributed by atoms with van der Waals surface area (Å²) in [4.78, 5) is 23.3. The molecule has 2 unspecified atom stereocenters. The zero-order chi connectivity index (χ0) is 15.2. The minimum absolute atomic E-state index is 0.156. The van der Waals surface area contributed by atoms with Gasteiger partial charge in [0.25, 0.3) is 0 Å². The van der Waals surface area contributed by atoms with Gasteiger partial charge in [-0.2, -0.15) is 0 Å². The van der Waals surface area contributed by atoms with Crippen LogP contribution < -0.4 is 5.32 Å². The summed E-state index contributed by atoms with van der Waals surface area (Å²) in [6.07, 6.45) is 2.06. The van der Waals surface area contributed by atoms with Crippen molar-refractivity contribution >= 4 is 11.9 Å². The molecule has 0 radical (unpaired) electrons. The average molecular weight is 291 g/mol. The number of rotatable bonds is 6. The van der Waals surface area contributed by atoms with Gasteiger partial charge >= 0.3 is 5.97 Å². The number of aliphatic carboxylic acids is 1. The Labute approximate surface area is 124 Å².